The van der Waals surface area contributed by atoms with Gasteiger partial charge in [0.2, 0.25) is 0 Å². The summed E-state index contributed by atoms with van der Waals surface area (Å²) >= 11 is 1.92. The molecule has 110 valence electrons. The Kier molecular flexibility index (Phi) is 4.48. The van der Waals surface area contributed by atoms with E-state index >= 15 is 0 Å². The maximum absolute atomic E-state index is 12.0. The summed E-state index contributed by atoms with van der Waals surface area (Å²) in [5.74, 6) is -0.00345. The Labute approximate surface area is 125 Å². The van der Waals surface area contributed by atoms with Crippen LogP contribution in [0.2, 0.25) is 0 Å². The van der Waals surface area contributed by atoms with E-state index in [0.29, 0.717) is 16.0 Å². The lowest BCUT2D eigenvalue weighted by atomic mass is 9.84. The maximum Gasteiger partial charge on any atom is 0.253 e. The molecule has 0 aliphatic heterocycles. The van der Waals surface area contributed by atoms with Crippen LogP contribution < -0.4 is 11.1 Å². The van der Waals surface area contributed by atoms with Crippen LogP contribution >= 0.6 is 11.8 Å². The molecule has 1 aliphatic carbocycles. The summed E-state index contributed by atoms with van der Waals surface area (Å²) in [5.41, 5.74) is 8.22. The van der Waals surface area contributed by atoms with Crippen molar-refractivity contribution in [3.8, 4) is 0 Å². The molecule has 0 atom stereocenters. The molecule has 0 aromatic heterocycles. The topological polar surface area (TPSA) is 58.4 Å². The third-order valence-electron chi connectivity index (χ3n) is 4.01. The number of rotatable bonds is 5. The van der Waals surface area contributed by atoms with Gasteiger partial charge in [0.15, 0.2) is 0 Å². The van der Waals surface area contributed by atoms with E-state index in [2.05, 4.69) is 11.6 Å². The van der Waals surface area contributed by atoms with Crippen LogP contribution in [0.15, 0.2) is 18.2 Å². The summed E-state index contributed by atoms with van der Waals surface area (Å²) in [6.07, 6.45) is 5.96. The zero-order valence-electron chi connectivity index (χ0n) is 12.4. The Bertz CT molecular complexity index is 492. The van der Waals surface area contributed by atoms with E-state index in [1.54, 1.807) is 31.1 Å². The first-order chi connectivity index (χ1) is 9.47. The molecule has 1 saturated carbocycles. The molecule has 1 aromatic carbocycles. The Morgan fingerprint density at radius 3 is 2.65 bits per heavy atom. The molecule has 1 aliphatic rings. The molecule has 0 unspecified atom stereocenters. The number of hydrogen-bond donors (Lipinski definition) is 2. The van der Waals surface area contributed by atoms with Crippen molar-refractivity contribution >= 4 is 29.0 Å². The van der Waals surface area contributed by atoms with Crippen molar-refractivity contribution in [3.63, 3.8) is 0 Å². The minimum atomic E-state index is -0.00345. The smallest absolute Gasteiger partial charge is 0.253 e. The first kappa shape index (κ1) is 15.0. The van der Waals surface area contributed by atoms with Gasteiger partial charge in [-0.15, -0.1) is 0 Å². The molecular formula is C15H23N3OS. The molecule has 0 saturated heterocycles. The van der Waals surface area contributed by atoms with Crippen molar-refractivity contribution in [1.29, 1.82) is 0 Å². The van der Waals surface area contributed by atoms with Gasteiger partial charge in [0, 0.05) is 31.0 Å². The Morgan fingerprint density at radius 2 is 2.15 bits per heavy atom. The summed E-state index contributed by atoms with van der Waals surface area (Å²) < 4.78 is 0.341. The molecule has 1 amide bonds. The first-order valence-corrected chi connectivity index (χ1v) is 8.10. The molecule has 3 N–H and O–H groups in total. The zero-order chi connectivity index (χ0) is 14.8. The number of nitrogens with one attached hydrogen (secondary N) is 1. The molecular weight excluding hydrogens is 270 g/mol. The number of benzene rings is 1. The van der Waals surface area contributed by atoms with E-state index in [9.17, 15) is 4.79 Å². The SMILES string of the molecule is CSC1(CNc2cc(C(=O)N(C)C)ccc2N)CCC1. The summed E-state index contributed by atoms with van der Waals surface area (Å²) in [6.45, 7) is 0.901. The van der Waals surface area contributed by atoms with Crippen LogP contribution in [0.5, 0.6) is 0 Å². The lowest BCUT2D eigenvalue weighted by molar-refractivity contribution is 0.0827. The minimum Gasteiger partial charge on any atom is -0.397 e. The number of carbonyl (C=O) groups excluding carboxylic acids is 1. The largest absolute Gasteiger partial charge is 0.397 e. The number of amides is 1. The molecule has 1 aromatic rings. The van der Waals surface area contributed by atoms with Crippen LogP contribution in [0.3, 0.4) is 0 Å². The second kappa shape index (κ2) is 5.95. The average Bonchev–Trinajstić information content (AvgIpc) is 2.39. The normalized spacial score (nSPS) is 16.4. The summed E-state index contributed by atoms with van der Waals surface area (Å²) in [5, 5.41) is 3.42. The maximum atomic E-state index is 12.0. The second-order valence-electron chi connectivity index (χ2n) is 5.60. The number of nitrogens with two attached hydrogens (primary N) is 1. The molecule has 4 nitrogen and oxygen atoms in total. The van der Waals surface area contributed by atoms with E-state index in [1.807, 2.05) is 17.8 Å². The number of anilines is 2. The second-order valence-corrected chi connectivity index (χ2v) is 6.87. The predicted molar refractivity (Wildman–Crippen MR) is 87.5 cm³/mol. The highest BCUT2D eigenvalue weighted by Crippen LogP contribution is 2.43. The Balaban J connectivity index is 2.11. The monoisotopic (exact) mass is 293 g/mol. The van der Waals surface area contributed by atoms with E-state index in [1.165, 1.54) is 19.3 Å². The van der Waals surface area contributed by atoms with Gasteiger partial charge in [-0.05, 0) is 37.3 Å². The number of nitrogen functional groups attached to an aromatic ring is 1. The van der Waals surface area contributed by atoms with Crippen molar-refractivity contribution < 1.29 is 4.79 Å². The molecule has 2 rings (SSSR count). The highest BCUT2D eigenvalue weighted by molar-refractivity contribution is 8.00. The van der Waals surface area contributed by atoms with Gasteiger partial charge in [0.05, 0.1) is 11.4 Å². The van der Waals surface area contributed by atoms with Gasteiger partial charge in [-0.3, -0.25) is 4.79 Å². The fourth-order valence-corrected chi connectivity index (χ4v) is 3.29. The fraction of sp³-hybridized carbons (Fsp3) is 0.533. The number of nitrogens with zero attached hydrogens (tertiary/aromatic N) is 1. The third-order valence-corrected chi connectivity index (χ3v) is 5.42. The summed E-state index contributed by atoms with van der Waals surface area (Å²) in [7, 11) is 3.51. The van der Waals surface area contributed by atoms with Crippen molar-refractivity contribution in [3.05, 3.63) is 23.8 Å². The molecule has 0 radical (unpaired) electrons. The van der Waals surface area contributed by atoms with Crippen LogP contribution in [0.25, 0.3) is 0 Å². The summed E-state index contributed by atoms with van der Waals surface area (Å²) in [6, 6.07) is 5.42. The van der Waals surface area contributed by atoms with Gasteiger partial charge in [-0.1, -0.05) is 6.42 Å². The van der Waals surface area contributed by atoms with Crippen molar-refractivity contribution in [2.24, 2.45) is 0 Å². The number of carbonyl (C=O) groups is 1. The Hall–Kier alpha value is -1.36. The van der Waals surface area contributed by atoms with E-state index < -0.39 is 0 Å². The molecule has 1 fully saturated rings. The van der Waals surface area contributed by atoms with E-state index in [4.69, 9.17) is 5.73 Å². The standard InChI is InChI=1S/C15H23N3OS/c1-18(2)14(19)11-5-6-12(16)13(9-11)17-10-15(20-3)7-4-8-15/h5-6,9,17H,4,7-8,10,16H2,1-3H3. The third kappa shape index (κ3) is 3.03. The van der Waals surface area contributed by atoms with E-state index in [-0.39, 0.29) is 5.91 Å². The van der Waals surface area contributed by atoms with Crippen LogP contribution in [0, 0.1) is 0 Å². The van der Waals surface area contributed by atoms with Crippen LogP contribution in [-0.4, -0.2) is 42.4 Å². The number of thioether (sulfide) groups is 1. The number of hydrogen-bond acceptors (Lipinski definition) is 4. The zero-order valence-corrected chi connectivity index (χ0v) is 13.2. The summed E-state index contributed by atoms with van der Waals surface area (Å²) in [4.78, 5) is 13.6. The van der Waals surface area contributed by atoms with Crippen molar-refractivity contribution in [1.82, 2.24) is 4.90 Å². The van der Waals surface area contributed by atoms with Gasteiger partial charge in [0.1, 0.15) is 0 Å². The first-order valence-electron chi connectivity index (χ1n) is 6.88. The molecule has 0 bridgehead atoms. The molecule has 20 heavy (non-hydrogen) atoms. The average molecular weight is 293 g/mol. The van der Waals surface area contributed by atoms with Gasteiger partial charge in [-0.25, -0.2) is 0 Å². The van der Waals surface area contributed by atoms with Crippen molar-refractivity contribution in [2.75, 3.05) is 37.9 Å². The quantitative estimate of drug-likeness (QED) is 0.820. The van der Waals surface area contributed by atoms with Crippen LogP contribution in [0.4, 0.5) is 11.4 Å². The predicted octanol–water partition coefficient (Wildman–Crippen LogP) is 2.67. The highest BCUT2D eigenvalue weighted by Gasteiger charge is 2.35. The lowest BCUT2D eigenvalue weighted by Crippen LogP contribution is -2.40. The van der Waals surface area contributed by atoms with Gasteiger partial charge < -0.3 is 16.0 Å². The molecule has 5 heteroatoms. The van der Waals surface area contributed by atoms with Gasteiger partial charge in [-0.2, -0.15) is 11.8 Å². The van der Waals surface area contributed by atoms with Gasteiger partial charge >= 0.3 is 0 Å². The Morgan fingerprint density at radius 1 is 1.45 bits per heavy atom. The van der Waals surface area contributed by atoms with Crippen LogP contribution in [0.1, 0.15) is 29.6 Å². The van der Waals surface area contributed by atoms with Crippen molar-refractivity contribution in [2.45, 2.75) is 24.0 Å². The minimum absolute atomic E-state index is 0.00345. The lowest BCUT2D eigenvalue weighted by Gasteiger charge is -2.40. The molecule has 0 heterocycles. The fourth-order valence-electron chi connectivity index (χ4n) is 2.38. The van der Waals surface area contributed by atoms with E-state index in [0.717, 1.165) is 12.2 Å². The van der Waals surface area contributed by atoms with Crippen LogP contribution in [-0.2, 0) is 0 Å². The molecule has 0 spiro atoms. The van der Waals surface area contributed by atoms with Gasteiger partial charge in [0.25, 0.3) is 5.91 Å². The highest BCUT2D eigenvalue weighted by atomic mass is 32.2.